The average molecular weight is 494 g/mol. The average Bonchev–Trinajstić information content (AvgIpc) is 3.27. The molecule has 2 aliphatic rings. The van der Waals surface area contributed by atoms with Crippen LogP contribution in [-0.2, 0) is 9.59 Å². The quantitative estimate of drug-likeness (QED) is 0.422. The van der Waals surface area contributed by atoms with Crippen molar-refractivity contribution in [2.45, 2.75) is 12.8 Å². The summed E-state index contributed by atoms with van der Waals surface area (Å²) < 4.78 is 5.11. The van der Waals surface area contributed by atoms with Crippen LogP contribution >= 0.6 is 11.8 Å². The molecular formula is C25H23N3O6S. The number of carbonyl (C=O) groups excluding carboxylic acids is 5. The third-order valence-electron chi connectivity index (χ3n) is 5.61. The van der Waals surface area contributed by atoms with Crippen LogP contribution in [-0.4, -0.2) is 65.4 Å². The summed E-state index contributed by atoms with van der Waals surface area (Å²) in [6, 6.07) is 13.7. The lowest BCUT2D eigenvalue weighted by molar-refractivity contribution is -0.124. The van der Waals surface area contributed by atoms with Gasteiger partial charge in [-0.1, -0.05) is 24.3 Å². The van der Waals surface area contributed by atoms with Crippen molar-refractivity contribution in [3.63, 3.8) is 0 Å². The molecule has 5 amide bonds. The molecule has 9 nitrogen and oxygen atoms in total. The lowest BCUT2D eigenvalue weighted by atomic mass is 10.1. The molecule has 0 radical (unpaired) electrons. The fourth-order valence-corrected chi connectivity index (χ4v) is 4.64. The maximum Gasteiger partial charge on any atom is 0.293 e. The van der Waals surface area contributed by atoms with Crippen molar-refractivity contribution in [2.24, 2.45) is 0 Å². The van der Waals surface area contributed by atoms with Crippen molar-refractivity contribution in [3.8, 4) is 5.75 Å². The molecular weight excluding hydrogens is 470 g/mol. The van der Waals surface area contributed by atoms with Gasteiger partial charge >= 0.3 is 0 Å². The first-order valence-corrected chi connectivity index (χ1v) is 11.8. The van der Waals surface area contributed by atoms with Crippen LogP contribution in [0.1, 0.15) is 39.1 Å². The Labute approximate surface area is 206 Å². The third kappa shape index (κ3) is 5.27. The van der Waals surface area contributed by atoms with Gasteiger partial charge in [-0.3, -0.25) is 33.8 Å². The van der Waals surface area contributed by atoms with E-state index in [0.717, 1.165) is 27.1 Å². The topological polar surface area (TPSA) is 113 Å². The Morgan fingerprint density at radius 2 is 1.57 bits per heavy atom. The molecule has 10 heteroatoms. The molecule has 2 aliphatic heterocycles. The minimum atomic E-state index is -0.407. The number of carbonyl (C=O) groups is 5. The van der Waals surface area contributed by atoms with Crippen LogP contribution in [0.4, 0.5) is 4.79 Å². The van der Waals surface area contributed by atoms with Gasteiger partial charge in [0.05, 0.1) is 23.1 Å². The molecule has 1 saturated heterocycles. The van der Waals surface area contributed by atoms with Crippen molar-refractivity contribution in [1.82, 2.24) is 15.1 Å². The lowest BCUT2D eigenvalue weighted by Gasteiger charge is -2.14. The standard InChI is InChI=1S/C25H23N3O6S/c1-34-17-10-8-16(9-11-17)15-20-24(32)28(25(33)35-20)14-12-26-21(29)7-4-13-27-22(30)18-5-2-3-6-19(18)23(27)31/h2-3,5-6,8-11,15H,4,7,12-14H2,1H3,(H,26,29)/b20-15+. The van der Waals surface area contributed by atoms with E-state index in [1.165, 1.54) is 0 Å². The van der Waals surface area contributed by atoms with Crippen LogP contribution in [0.5, 0.6) is 5.75 Å². The summed E-state index contributed by atoms with van der Waals surface area (Å²) in [6.07, 6.45) is 2.05. The van der Waals surface area contributed by atoms with Crippen LogP contribution in [0.15, 0.2) is 53.4 Å². The van der Waals surface area contributed by atoms with Gasteiger partial charge in [-0.15, -0.1) is 0 Å². The highest BCUT2D eigenvalue weighted by atomic mass is 32.2. The van der Waals surface area contributed by atoms with E-state index in [9.17, 15) is 24.0 Å². The monoisotopic (exact) mass is 493 g/mol. The second-order valence-electron chi connectivity index (χ2n) is 7.87. The van der Waals surface area contributed by atoms with Crippen LogP contribution in [0, 0.1) is 0 Å². The molecule has 0 aliphatic carbocycles. The van der Waals surface area contributed by atoms with E-state index in [2.05, 4.69) is 5.32 Å². The molecule has 0 saturated carbocycles. The van der Waals surface area contributed by atoms with Gasteiger partial charge in [-0.25, -0.2) is 0 Å². The Morgan fingerprint density at radius 1 is 0.914 bits per heavy atom. The number of hydrogen-bond donors (Lipinski definition) is 1. The number of ether oxygens (including phenoxy) is 1. The Bertz CT molecular complexity index is 1190. The largest absolute Gasteiger partial charge is 0.497 e. The van der Waals surface area contributed by atoms with Gasteiger partial charge in [0.2, 0.25) is 5.91 Å². The van der Waals surface area contributed by atoms with E-state index in [0.29, 0.717) is 28.2 Å². The summed E-state index contributed by atoms with van der Waals surface area (Å²) in [6.45, 7) is 0.299. The maximum atomic E-state index is 12.6. The van der Waals surface area contributed by atoms with E-state index < -0.39 is 11.1 Å². The molecule has 2 aromatic rings. The van der Waals surface area contributed by atoms with Crippen LogP contribution in [0.2, 0.25) is 0 Å². The van der Waals surface area contributed by atoms with Crippen LogP contribution in [0.25, 0.3) is 6.08 Å². The Hall–Kier alpha value is -3.92. The van der Waals surface area contributed by atoms with Crippen molar-refractivity contribution in [2.75, 3.05) is 26.7 Å². The molecule has 2 heterocycles. The number of nitrogens with one attached hydrogen (secondary N) is 1. The highest BCUT2D eigenvalue weighted by Crippen LogP contribution is 2.32. The first-order valence-electron chi connectivity index (χ1n) is 11.0. The summed E-state index contributed by atoms with van der Waals surface area (Å²) in [5, 5.41) is 2.28. The van der Waals surface area contributed by atoms with Gasteiger partial charge in [-0.2, -0.15) is 0 Å². The molecule has 0 aromatic heterocycles. The van der Waals surface area contributed by atoms with E-state index in [4.69, 9.17) is 4.74 Å². The van der Waals surface area contributed by atoms with Gasteiger partial charge in [-0.05, 0) is 54.1 Å². The molecule has 0 unspecified atom stereocenters. The first kappa shape index (κ1) is 24.2. The minimum Gasteiger partial charge on any atom is -0.497 e. The van der Waals surface area contributed by atoms with E-state index >= 15 is 0 Å². The summed E-state index contributed by atoms with van der Waals surface area (Å²) in [4.78, 5) is 64.3. The van der Waals surface area contributed by atoms with Crippen LogP contribution in [0.3, 0.4) is 0 Å². The zero-order valence-corrected chi connectivity index (χ0v) is 19.8. The highest BCUT2D eigenvalue weighted by Gasteiger charge is 2.35. The molecule has 0 bridgehead atoms. The predicted molar refractivity (Wildman–Crippen MR) is 130 cm³/mol. The molecule has 35 heavy (non-hydrogen) atoms. The highest BCUT2D eigenvalue weighted by molar-refractivity contribution is 8.18. The molecule has 0 atom stereocenters. The van der Waals surface area contributed by atoms with Crippen molar-refractivity contribution in [1.29, 1.82) is 0 Å². The Balaban J connectivity index is 1.21. The van der Waals surface area contributed by atoms with Crippen molar-refractivity contribution in [3.05, 3.63) is 70.1 Å². The maximum absolute atomic E-state index is 12.6. The van der Waals surface area contributed by atoms with Crippen molar-refractivity contribution >= 4 is 46.7 Å². The van der Waals surface area contributed by atoms with Gasteiger partial charge in [0.1, 0.15) is 5.75 Å². The zero-order chi connectivity index (χ0) is 24.9. The summed E-state index contributed by atoms with van der Waals surface area (Å²) in [5.74, 6) is -0.714. The number of methoxy groups -OCH3 is 1. The zero-order valence-electron chi connectivity index (χ0n) is 19.0. The minimum absolute atomic E-state index is 0.0504. The number of hydrogen-bond acceptors (Lipinski definition) is 7. The van der Waals surface area contributed by atoms with Gasteiger partial charge < -0.3 is 10.1 Å². The molecule has 180 valence electrons. The molecule has 1 N–H and O–H groups in total. The number of fused-ring (bicyclic) bond motifs is 1. The Kier molecular flexibility index (Phi) is 7.31. The molecule has 1 fully saturated rings. The van der Waals surface area contributed by atoms with Gasteiger partial charge in [0.15, 0.2) is 0 Å². The first-order chi connectivity index (χ1) is 16.9. The second-order valence-corrected chi connectivity index (χ2v) is 8.86. The summed E-state index contributed by atoms with van der Waals surface area (Å²) >= 11 is 0.854. The van der Waals surface area contributed by atoms with E-state index in [-0.39, 0.29) is 43.8 Å². The van der Waals surface area contributed by atoms with E-state index in [1.807, 2.05) is 0 Å². The van der Waals surface area contributed by atoms with Gasteiger partial charge in [0, 0.05) is 26.1 Å². The third-order valence-corrected chi connectivity index (χ3v) is 6.52. The fourth-order valence-electron chi connectivity index (χ4n) is 3.78. The predicted octanol–water partition coefficient (Wildman–Crippen LogP) is 2.92. The number of rotatable bonds is 9. The number of nitrogens with zero attached hydrogens (tertiary/aromatic N) is 2. The lowest BCUT2D eigenvalue weighted by Crippen LogP contribution is -2.37. The SMILES string of the molecule is COc1ccc(/C=C2/SC(=O)N(CCNC(=O)CCCN3C(=O)c4ccccc4C3=O)C2=O)cc1. The number of thioether (sulfide) groups is 1. The van der Waals surface area contributed by atoms with Gasteiger partial charge in [0.25, 0.3) is 23.0 Å². The number of benzene rings is 2. The molecule has 2 aromatic carbocycles. The summed E-state index contributed by atoms with van der Waals surface area (Å²) in [7, 11) is 1.56. The second kappa shape index (κ2) is 10.6. The van der Waals surface area contributed by atoms with E-state index in [1.54, 1.807) is 61.7 Å². The van der Waals surface area contributed by atoms with Crippen molar-refractivity contribution < 1.29 is 28.7 Å². The molecule has 0 spiro atoms. The number of imide groups is 2. The normalized spacial score (nSPS) is 16.3. The molecule has 4 rings (SSSR count). The summed E-state index contributed by atoms with van der Waals surface area (Å²) in [5.41, 5.74) is 1.52. The fraction of sp³-hybridized carbons (Fsp3) is 0.240. The number of amides is 5. The van der Waals surface area contributed by atoms with Crippen LogP contribution < -0.4 is 10.1 Å². The Morgan fingerprint density at radius 3 is 2.20 bits per heavy atom. The smallest absolute Gasteiger partial charge is 0.293 e.